The van der Waals surface area contributed by atoms with Gasteiger partial charge in [0, 0.05) is 16.9 Å². The van der Waals surface area contributed by atoms with E-state index in [0.717, 1.165) is 23.9 Å². The molecule has 1 aromatic carbocycles. The summed E-state index contributed by atoms with van der Waals surface area (Å²) in [5.41, 5.74) is 1.64. The van der Waals surface area contributed by atoms with Crippen molar-refractivity contribution >= 4 is 23.4 Å². The van der Waals surface area contributed by atoms with Crippen LogP contribution in [0.5, 0.6) is 0 Å². The Labute approximate surface area is 164 Å². The van der Waals surface area contributed by atoms with Crippen molar-refractivity contribution < 1.29 is 9.21 Å². The third-order valence-corrected chi connectivity index (χ3v) is 4.82. The van der Waals surface area contributed by atoms with Gasteiger partial charge in [0.15, 0.2) is 0 Å². The molecule has 0 aliphatic heterocycles. The van der Waals surface area contributed by atoms with Crippen molar-refractivity contribution in [3.8, 4) is 0 Å². The third kappa shape index (κ3) is 4.97. The zero-order valence-electron chi connectivity index (χ0n) is 15.4. The smallest absolute Gasteiger partial charge is 0.325 e. The normalized spacial score (nSPS) is 10.8. The van der Waals surface area contributed by atoms with Crippen molar-refractivity contribution in [1.29, 1.82) is 0 Å². The number of nitrogens with zero attached hydrogens (tertiary/aromatic N) is 2. The molecule has 10 heteroatoms. The standard InChI is InChI=1S/C18H19N5O4S/c1-3-11-4-6-12(7-5-11)20-14(24)9-28-18-23-22-15(27-18)8-13-10(2)19-17(26)21-16(13)25/h4-7H,3,8-9H2,1-2H3,(H,20,24)(H2,19,21,25,26). The number of aromatic amines is 2. The maximum atomic E-state index is 12.1. The summed E-state index contributed by atoms with van der Waals surface area (Å²) in [7, 11) is 0. The minimum atomic E-state index is -0.566. The summed E-state index contributed by atoms with van der Waals surface area (Å²) in [6.07, 6.45) is 1.02. The average molecular weight is 401 g/mol. The van der Waals surface area contributed by atoms with Gasteiger partial charge in [0.05, 0.1) is 12.2 Å². The number of aryl methyl sites for hydroxylation is 2. The van der Waals surface area contributed by atoms with Crippen LogP contribution in [0.1, 0.15) is 29.6 Å². The van der Waals surface area contributed by atoms with Crippen molar-refractivity contribution in [2.75, 3.05) is 11.1 Å². The molecule has 0 aliphatic carbocycles. The topological polar surface area (TPSA) is 134 Å². The second-order valence-corrected chi connectivity index (χ2v) is 6.96. The fourth-order valence-corrected chi connectivity index (χ4v) is 3.09. The van der Waals surface area contributed by atoms with E-state index in [4.69, 9.17) is 4.42 Å². The predicted molar refractivity (Wildman–Crippen MR) is 105 cm³/mol. The molecule has 0 saturated carbocycles. The first-order chi connectivity index (χ1) is 13.4. The van der Waals surface area contributed by atoms with Crippen LogP contribution in [0.15, 0.2) is 43.5 Å². The van der Waals surface area contributed by atoms with E-state index in [1.165, 1.54) is 5.56 Å². The molecule has 0 spiro atoms. The lowest BCUT2D eigenvalue weighted by molar-refractivity contribution is -0.113. The van der Waals surface area contributed by atoms with Gasteiger partial charge in [-0.1, -0.05) is 30.8 Å². The van der Waals surface area contributed by atoms with E-state index in [1.807, 2.05) is 24.3 Å². The number of thioether (sulfide) groups is 1. The van der Waals surface area contributed by atoms with Crippen LogP contribution in [0, 0.1) is 6.92 Å². The van der Waals surface area contributed by atoms with E-state index in [9.17, 15) is 14.4 Å². The van der Waals surface area contributed by atoms with Gasteiger partial charge in [-0.15, -0.1) is 10.2 Å². The van der Waals surface area contributed by atoms with Gasteiger partial charge in [-0.3, -0.25) is 14.6 Å². The molecule has 0 fully saturated rings. The molecule has 9 nitrogen and oxygen atoms in total. The number of hydrogen-bond donors (Lipinski definition) is 3. The average Bonchev–Trinajstić information content (AvgIpc) is 3.11. The first kappa shape index (κ1) is 19.6. The van der Waals surface area contributed by atoms with Gasteiger partial charge in [-0.25, -0.2) is 4.79 Å². The summed E-state index contributed by atoms with van der Waals surface area (Å²) in [5.74, 6) is 0.135. The number of H-pyrrole nitrogens is 2. The van der Waals surface area contributed by atoms with Gasteiger partial charge >= 0.3 is 5.69 Å². The molecule has 0 atom stereocenters. The lowest BCUT2D eigenvalue weighted by Gasteiger charge is -2.04. The second kappa shape index (κ2) is 8.70. The van der Waals surface area contributed by atoms with Crippen molar-refractivity contribution in [3.05, 3.63) is 67.8 Å². The molecule has 146 valence electrons. The van der Waals surface area contributed by atoms with E-state index in [0.29, 0.717) is 11.3 Å². The molecule has 3 aromatic rings. The quantitative estimate of drug-likeness (QED) is 0.512. The highest BCUT2D eigenvalue weighted by Crippen LogP contribution is 2.18. The number of rotatable bonds is 7. The van der Waals surface area contributed by atoms with Crippen molar-refractivity contribution in [1.82, 2.24) is 20.2 Å². The first-order valence-corrected chi connectivity index (χ1v) is 9.59. The summed E-state index contributed by atoms with van der Waals surface area (Å²) < 4.78 is 5.47. The van der Waals surface area contributed by atoms with Crippen LogP contribution >= 0.6 is 11.8 Å². The number of carbonyl (C=O) groups is 1. The number of aromatic nitrogens is 4. The highest BCUT2D eigenvalue weighted by atomic mass is 32.2. The van der Waals surface area contributed by atoms with E-state index >= 15 is 0 Å². The number of hydrogen-bond acceptors (Lipinski definition) is 7. The Bertz CT molecular complexity index is 1080. The Morgan fingerprint density at radius 2 is 1.93 bits per heavy atom. The summed E-state index contributed by atoms with van der Waals surface area (Å²) in [6, 6.07) is 7.65. The number of amides is 1. The van der Waals surface area contributed by atoms with E-state index in [-0.39, 0.29) is 29.2 Å². The summed E-state index contributed by atoms with van der Waals surface area (Å²) in [5, 5.41) is 10.8. The van der Waals surface area contributed by atoms with Crippen LogP contribution in [-0.2, 0) is 17.6 Å². The molecule has 0 saturated heterocycles. The van der Waals surface area contributed by atoms with Crippen molar-refractivity contribution in [2.45, 2.75) is 31.9 Å². The Morgan fingerprint density at radius 3 is 2.61 bits per heavy atom. The molecule has 0 radical (unpaired) electrons. The largest absolute Gasteiger partial charge is 0.416 e. The van der Waals surface area contributed by atoms with Gasteiger partial charge in [-0.05, 0) is 31.0 Å². The molecule has 2 aromatic heterocycles. The number of carbonyl (C=O) groups excluding carboxylic acids is 1. The minimum Gasteiger partial charge on any atom is -0.416 e. The minimum absolute atomic E-state index is 0.0848. The second-order valence-electron chi connectivity index (χ2n) is 6.04. The van der Waals surface area contributed by atoms with Crippen molar-refractivity contribution in [2.24, 2.45) is 0 Å². The Hall–Kier alpha value is -3.14. The summed E-state index contributed by atoms with van der Waals surface area (Å²) in [4.78, 5) is 39.8. The van der Waals surface area contributed by atoms with Crippen LogP contribution in [0.3, 0.4) is 0 Å². The van der Waals surface area contributed by atoms with Crippen LogP contribution in [0.25, 0.3) is 0 Å². The fourth-order valence-electron chi connectivity index (χ4n) is 2.51. The molecule has 28 heavy (non-hydrogen) atoms. The fraction of sp³-hybridized carbons (Fsp3) is 0.278. The zero-order valence-corrected chi connectivity index (χ0v) is 16.2. The maximum Gasteiger partial charge on any atom is 0.325 e. The van der Waals surface area contributed by atoms with Gasteiger partial charge in [0.1, 0.15) is 0 Å². The molecule has 1 amide bonds. The van der Waals surface area contributed by atoms with Crippen molar-refractivity contribution in [3.63, 3.8) is 0 Å². The van der Waals surface area contributed by atoms with Crippen LogP contribution in [-0.4, -0.2) is 31.8 Å². The van der Waals surface area contributed by atoms with E-state index < -0.39 is 11.2 Å². The lowest BCUT2D eigenvalue weighted by Crippen LogP contribution is -2.27. The van der Waals surface area contributed by atoms with Gasteiger partial charge < -0.3 is 14.7 Å². The molecule has 0 bridgehead atoms. The molecular weight excluding hydrogens is 382 g/mol. The monoisotopic (exact) mass is 401 g/mol. The summed E-state index contributed by atoms with van der Waals surface area (Å²) in [6.45, 7) is 3.69. The molecule has 0 aliphatic rings. The Balaban J connectivity index is 1.56. The first-order valence-electron chi connectivity index (χ1n) is 8.60. The lowest BCUT2D eigenvalue weighted by atomic mass is 10.1. The zero-order chi connectivity index (χ0) is 20.1. The molecule has 3 N–H and O–H groups in total. The van der Waals surface area contributed by atoms with Crippen LogP contribution in [0.4, 0.5) is 5.69 Å². The number of anilines is 1. The highest BCUT2D eigenvalue weighted by Gasteiger charge is 2.14. The van der Waals surface area contributed by atoms with Crippen LogP contribution in [0.2, 0.25) is 0 Å². The van der Waals surface area contributed by atoms with E-state index in [2.05, 4.69) is 32.4 Å². The molecular formula is C18H19N5O4S. The molecule has 3 rings (SSSR count). The molecule has 2 heterocycles. The van der Waals surface area contributed by atoms with Gasteiger partial charge in [-0.2, -0.15) is 0 Å². The van der Waals surface area contributed by atoms with E-state index in [1.54, 1.807) is 6.92 Å². The number of benzene rings is 1. The Kier molecular flexibility index (Phi) is 6.09. The summed E-state index contributed by atoms with van der Waals surface area (Å²) >= 11 is 1.10. The maximum absolute atomic E-state index is 12.1. The van der Waals surface area contributed by atoms with Crippen LogP contribution < -0.4 is 16.6 Å². The molecule has 0 unspecified atom stereocenters. The number of nitrogens with one attached hydrogen (secondary N) is 3. The SMILES string of the molecule is CCc1ccc(NC(=O)CSc2nnc(Cc3c(C)[nH]c(=O)[nH]c3=O)o2)cc1. The Morgan fingerprint density at radius 1 is 1.18 bits per heavy atom. The van der Waals surface area contributed by atoms with Gasteiger partial charge in [0.2, 0.25) is 11.8 Å². The highest BCUT2D eigenvalue weighted by molar-refractivity contribution is 7.99. The predicted octanol–water partition coefficient (Wildman–Crippen LogP) is 1.64. The third-order valence-electron chi connectivity index (χ3n) is 4.00. The van der Waals surface area contributed by atoms with Gasteiger partial charge in [0.25, 0.3) is 10.8 Å².